The van der Waals surface area contributed by atoms with Crippen LogP contribution in [0, 0.1) is 5.82 Å². The Hall–Kier alpha value is -1.92. The van der Waals surface area contributed by atoms with E-state index in [1.54, 1.807) is 0 Å². The fourth-order valence-electron chi connectivity index (χ4n) is 1.66. The quantitative estimate of drug-likeness (QED) is 0.822. The molecule has 1 heterocycles. The third-order valence-corrected chi connectivity index (χ3v) is 3.79. The average Bonchev–Trinajstić information content (AvgIpc) is 2.99. The molecule has 2 aromatic rings. The van der Waals surface area contributed by atoms with E-state index in [9.17, 15) is 14.0 Å². The minimum absolute atomic E-state index is 0.00561. The van der Waals surface area contributed by atoms with Gasteiger partial charge in [-0.05, 0) is 40.1 Å². The van der Waals surface area contributed by atoms with Crippen molar-refractivity contribution >= 4 is 34.8 Å². The van der Waals surface area contributed by atoms with Crippen molar-refractivity contribution in [1.82, 2.24) is 5.32 Å². The smallest absolute Gasteiger partial charge is 0.310 e. The number of halogens is 2. The molecule has 116 valence electrons. The monoisotopic (exact) mass is 341 g/mol. The Labute approximate surface area is 135 Å². The summed E-state index contributed by atoms with van der Waals surface area (Å²) in [6, 6.07) is 6.00. The number of hydrogen-bond donors (Lipinski definition) is 1. The van der Waals surface area contributed by atoms with Crippen molar-refractivity contribution in [2.75, 3.05) is 6.61 Å². The van der Waals surface area contributed by atoms with E-state index in [0.717, 1.165) is 5.56 Å². The van der Waals surface area contributed by atoms with Crippen LogP contribution in [0.4, 0.5) is 4.39 Å². The fourth-order valence-corrected chi connectivity index (χ4v) is 2.53. The third-order valence-electron chi connectivity index (χ3n) is 2.77. The number of hydrogen-bond acceptors (Lipinski definition) is 4. The van der Waals surface area contributed by atoms with Crippen LogP contribution in [-0.2, 0) is 27.3 Å². The van der Waals surface area contributed by atoms with Crippen molar-refractivity contribution < 1.29 is 18.7 Å². The Balaban J connectivity index is 1.71. The minimum Gasteiger partial charge on any atom is -0.455 e. The van der Waals surface area contributed by atoms with E-state index in [4.69, 9.17) is 16.3 Å². The first-order chi connectivity index (χ1) is 10.5. The SMILES string of the molecule is O=C(COC(=O)Cc1ccsc1)NCc1ccc(F)c(Cl)c1. The van der Waals surface area contributed by atoms with E-state index < -0.39 is 17.7 Å². The van der Waals surface area contributed by atoms with E-state index in [1.165, 1.54) is 29.5 Å². The normalized spacial score (nSPS) is 10.3. The number of thiophene rings is 1. The summed E-state index contributed by atoms with van der Waals surface area (Å²) in [4.78, 5) is 23.1. The molecular formula is C15H13ClFNO3S. The molecule has 22 heavy (non-hydrogen) atoms. The van der Waals surface area contributed by atoms with Gasteiger partial charge in [-0.1, -0.05) is 17.7 Å². The molecule has 0 fully saturated rings. The van der Waals surface area contributed by atoms with Crippen LogP contribution >= 0.6 is 22.9 Å². The van der Waals surface area contributed by atoms with E-state index in [0.29, 0.717) is 5.56 Å². The van der Waals surface area contributed by atoms with Gasteiger partial charge in [-0.2, -0.15) is 11.3 Å². The van der Waals surface area contributed by atoms with E-state index in [-0.39, 0.29) is 24.6 Å². The van der Waals surface area contributed by atoms with Crippen molar-refractivity contribution in [3.05, 3.63) is 57.0 Å². The lowest BCUT2D eigenvalue weighted by Crippen LogP contribution is -2.28. The average molecular weight is 342 g/mol. The first-order valence-corrected chi connectivity index (χ1v) is 7.74. The lowest BCUT2D eigenvalue weighted by Gasteiger charge is -2.07. The second-order valence-corrected chi connectivity index (χ2v) is 5.68. The highest BCUT2D eigenvalue weighted by atomic mass is 35.5. The summed E-state index contributed by atoms with van der Waals surface area (Å²) in [5, 5.41) is 6.27. The van der Waals surface area contributed by atoms with Gasteiger partial charge in [0, 0.05) is 6.54 Å². The van der Waals surface area contributed by atoms with Crippen molar-refractivity contribution in [1.29, 1.82) is 0 Å². The second kappa shape index (κ2) is 7.91. The van der Waals surface area contributed by atoms with Gasteiger partial charge in [-0.3, -0.25) is 9.59 Å². The van der Waals surface area contributed by atoms with Crippen LogP contribution in [0.3, 0.4) is 0 Å². The largest absolute Gasteiger partial charge is 0.455 e. The highest BCUT2D eigenvalue weighted by Gasteiger charge is 2.09. The lowest BCUT2D eigenvalue weighted by atomic mass is 10.2. The predicted molar refractivity (Wildman–Crippen MR) is 82.2 cm³/mol. The van der Waals surface area contributed by atoms with Gasteiger partial charge in [-0.25, -0.2) is 4.39 Å². The number of carbonyl (C=O) groups is 2. The molecule has 0 bridgehead atoms. The number of amides is 1. The molecule has 0 aliphatic rings. The molecule has 0 saturated carbocycles. The number of carbonyl (C=O) groups excluding carboxylic acids is 2. The van der Waals surface area contributed by atoms with Crippen molar-refractivity contribution in [3.63, 3.8) is 0 Å². The number of ether oxygens (including phenoxy) is 1. The van der Waals surface area contributed by atoms with Gasteiger partial charge in [0.05, 0.1) is 11.4 Å². The summed E-state index contributed by atoms with van der Waals surface area (Å²) in [7, 11) is 0. The maximum Gasteiger partial charge on any atom is 0.310 e. The summed E-state index contributed by atoms with van der Waals surface area (Å²) >= 11 is 7.13. The van der Waals surface area contributed by atoms with E-state index in [2.05, 4.69) is 5.32 Å². The predicted octanol–water partition coefficient (Wildman–Crippen LogP) is 2.94. The molecule has 0 atom stereocenters. The van der Waals surface area contributed by atoms with Crippen LogP contribution < -0.4 is 5.32 Å². The molecule has 0 unspecified atom stereocenters. The Bertz CT molecular complexity index is 661. The number of esters is 1. The van der Waals surface area contributed by atoms with Crippen molar-refractivity contribution in [2.24, 2.45) is 0 Å². The zero-order valence-electron chi connectivity index (χ0n) is 11.5. The highest BCUT2D eigenvalue weighted by molar-refractivity contribution is 7.07. The number of benzene rings is 1. The molecule has 1 aromatic heterocycles. The van der Waals surface area contributed by atoms with Crippen molar-refractivity contribution in [3.8, 4) is 0 Å². The van der Waals surface area contributed by atoms with Crippen molar-refractivity contribution in [2.45, 2.75) is 13.0 Å². The minimum atomic E-state index is -0.515. The molecule has 1 N–H and O–H groups in total. The summed E-state index contributed by atoms with van der Waals surface area (Å²) in [6.07, 6.45) is 0.143. The molecule has 1 amide bonds. The lowest BCUT2D eigenvalue weighted by molar-refractivity contribution is -0.147. The second-order valence-electron chi connectivity index (χ2n) is 4.49. The van der Waals surface area contributed by atoms with Gasteiger partial charge < -0.3 is 10.1 Å². The molecule has 0 radical (unpaired) electrons. The number of rotatable bonds is 6. The van der Waals surface area contributed by atoms with Gasteiger partial charge in [-0.15, -0.1) is 0 Å². The number of nitrogens with one attached hydrogen (secondary N) is 1. The summed E-state index contributed by atoms with van der Waals surface area (Å²) in [6.45, 7) is -0.168. The first-order valence-electron chi connectivity index (χ1n) is 6.42. The van der Waals surface area contributed by atoms with Crippen LogP contribution in [-0.4, -0.2) is 18.5 Å². The topological polar surface area (TPSA) is 55.4 Å². The summed E-state index contributed by atoms with van der Waals surface area (Å²) < 4.78 is 17.9. The molecule has 0 saturated heterocycles. The zero-order valence-corrected chi connectivity index (χ0v) is 13.0. The van der Waals surface area contributed by atoms with Crippen LogP contribution in [0.5, 0.6) is 0 Å². The van der Waals surface area contributed by atoms with Gasteiger partial charge >= 0.3 is 5.97 Å². The third kappa shape index (κ3) is 5.13. The van der Waals surface area contributed by atoms with Gasteiger partial charge in [0.2, 0.25) is 0 Å². The molecule has 0 spiro atoms. The van der Waals surface area contributed by atoms with Crippen LogP contribution in [0.25, 0.3) is 0 Å². The Morgan fingerprint density at radius 2 is 2.09 bits per heavy atom. The molecule has 7 heteroatoms. The zero-order chi connectivity index (χ0) is 15.9. The molecule has 2 rings (SSSR count). The molecule has 0 aliphatic heterocycles. The summed E-state index contributed by atoms with van der Waals surface area (Å²) in [5.74, 6) is -1.41. The maximum atomic E-state index is 13.0. The molecule has 1 aromatic carbocycles. The Morgan fingerprint density at radius 3 is 2.77 bits per heavy atom. The maximum absolute atomic E-state index is 13.0. The van der Waals surface area contributed by atoms with E-state index in [1.807, 2.05) is 16.8 Å². The Kier molecular flexibility index (Phi) is 5.91. The van der Waals surface area contributed by atoms with Gasteiger partial charge in [0.1, 0.15) is 5.82 Å². The Morgan fingerprint density at radius 1 is 1.27 bits per heavy atom. The molecular weight excluding hydrogens is 329 g/mol. The van der Waals surface area contributed by atoms with Crippen LogP contribution in [0.15, 0.2) is 35.0 Å². The van der Waals surface area contributed by atoms with Crippen LogP contribution in [0.1, 0.15) is 11.1 Å². The van der Waals surface area contributed by atoms with Gasteiger partial charge in [0.15, 0.2) is 6.61 Å². The standard InChI is InChI=1S/C15H13ClFNO3S/c16-12-5-10(1-2-13(12)17)7-18-14(19)8-21-15(20)6-11-3-4-22-9-11/h1-5,9H,6-8H2,(H,18,19). The molecule has 0 aliphatic carbocycles. The fraction of sp³-hybridized carbons (Fsp3) is 0.200. The summed E-state index contributed by atoms with van der Waals surface area (Å²) in [5.41, 5.74) is 1.51. The van der Waals surface area contributed by atoms with Gasteiger partial charge in [0.25, 0.3) is 5.91 Å². The van der Waals surface area contributed by atoms with Crippen LogP contribution in [0.2, 0.25) is 5.02 Å². The molecule has 4 nitrogen and oxygen atoms in total. The first kappa shape index (κ1) is 16.5. The highest BCUT2D eigenvalue weighted by Crippen LogP contribution is 2.15. The van der Waals surface area contributed by atoms with E-state index >= 15 is 0 Å².